The number of benzene rings is 3. The molecule has 0 saturated carbocycles. The summed E-state index contributed by atoms with van der Waals surface area (Å²) in [4.78, 5) is 12.0. The van der Waals surface area contributed by atoms with Gasteiger partial charge in [0, 0.05) is 0 Å². The minimum absolute atomic E-state index is 0.127. The lowest BCUT2D eigenvalue weighted by Crippen LogP contribution is -2.29. The molecular weight excluding hydrogens is 327 g/mol. The van der Waals surface area contributed by atoms with Gasteiger partial charge in [-0.05, 0) is 36.4 Å². The Morgan fingerprint density at radius 1 is 0.800 bits per heavy atom. The van der Waals surface area contributed by atoms with Crippen LogP contribution >= 0.6 is 7.26 Å². The fourth-order valence-electron chi connectivity index (χ4n) is 2.87. The standard InChI is InChI=1S/C22H20O2P/c1-24-22(23)17-18-25(19-11-5-2-6-12-19,20-13-7-3-8-14-20)21-15-9-4-10-16-21/h2-18H,1H3/q+1/b18-17-/i17D. The normalized spacial score (nSPS) is 12.4. The number of hydrogen-bond donors (Lipinski definition) is 0. The number of hydrogen-bond acceptors (Lipinski definition) is 2. The number of methoxy groups -OCH3 is 1. The predicted octanol–water partition coefficient (Wildman–Crippen LogP) is 3.67. The van der Waals surface area contributed by atoms with Crippen LogP contribution in [0, 0.1) is 0 Å². The summed E-state index contributed by atoms with van der Waals surface area (Å²) in [6.45, 7) is 0. The summed E-state index contributed by atoms with van der Waals surface area (Å²) >= 11 is 0. The van der Waals surface area contributed by atoms with Crippen molar-refractivity contribution in [1.82, 2.24) is 0 Å². The summed E-state index contributed by atoms with van der Waals surface area (Å²) in [5.74, 6) is 1.16. The number of carbonyl (C=O) groups is 1. The van der Waals surface area contributed by atoms with Crippen molar-refractivity contribution in [3.05, 3.63) is 103 Å². The van der Waals surface area contributed by atoms with Crippen molar-refractivity contribution in [3.8, 4) is 0 Å². The molecule has 0 aromatic heterocycles. The highest BCUT2D eigenvalue weighted by atomic mass is 31.2. The summed E-state index contributed by atoms with van der Waals surface area (Å²) in [5.41, 5.74) is 0. The summed E-state index contributed by atoms with van der Waals surface area (Å²) in [6, 6.07) is 30.1. The zero-order valence-electron chi connectivity index (χ0n) is 15.0. The van der Waals surface area contributed by atoms with Crippen LogP contribution in [0.4, 0.5) is 0 Å². The van der Waals surface area contributed by atoms with E-state index in [1.807, 2.05) is 54.6 Å². The van der Waals surface area contributed by atoms with E-state index in [0.717, 1.165) is 15.9 Å². The maximum absolute atomic E-state index is 12.0. The Labute approximate surface area is 150 Å². The van der Waals surface area contributed by atoms with E-state index in [2.05, 4.69) is 36.4 Å². The molecule has 0 spiro atoms. The molecule has 0 aliphatic heterocycles. The lowest BCUT2D eigenvalue weighted by atomic mass is 10.4. The molecule has 3 heteroatoms. The Balaban J connectivity index is 2.38. The van der Waals surface area contributed by atoms with Crippen LogP contribution in [0.15, 0.2) is 103 Å². The Bertz CT molecular complexity index is 797. The molecule has 124 valence electrons. The lowest BCUT2D eigenvalue weighted by Gasteiger charge is -2.23. The van der Waals surface area contributed by atoms with Gasteiger partial charge in [0.25, 0.3) is 0 Å². The molecule has 0 amide bonds. The SMILES string of the molecule is [2H]/C(=C/[P+](c1ccccc1)(c1ccccc1)c1ccccc1)C(=O)OC. The molecule has 3 aromatic rings. The van der Waals surface area contributed by atoms with Crippen LogP contribution in [0.2, 0.25) is 0 Å². The van der Waals surface area contributed by atoms with Crippen molar-refractivity contribution in [2.45, 2.75) is 0 Å². The third-order valence-corrected chi connectivity index (χ3v) is 7.91. The van der Waals surface area contributed by atoms with Crippen LogP contribution < -0.4 is 15.9 Å². The van der Waals surface area contributed by atoms with Crippen molar-refractivity contribution in [2.24, 2.45) is 0 Å². The van der Waals surface area contributed by atoms with Gasteiger partial charge in [0.15, 0.2) is 0 Å². The summed E-state index contributed by atoms with van der Waals surface area (Å²) < 4.78 is 13.1. The lowest BCUT2D eigenvalue weighted by molar-refractivity contribution is -0.134. The fraction of sp³-hybridized carbons (Fsp3) is 0.0455. The average Bonchev–Trinajstić information content (AvgIpc) is 2.73. The Hall–Kier alpha value is -2.70. The Morgan fingerprint density at radius 2 is 1.16 bits per heavy atom. The quantitative estimate of drug-likeness (QED) is 0.400. The largest absolute Gasteiger partial charge is 0.466 e. The van der Waals surface area contributed by atoms with E-state index in [4.69, 9.17) is 6.11 Å². The highest BCUT2D eigenvalue weighted by Gasteiger charge is 2.43. The highest BCUT2D eigenvalue weighted by molar-refractivity contribution is 7.98. The van der Waals surface area contributed by atoms with Crippen molar-refractivity contribution in [2.75, 3.05) is 7.11 Å². The molecule has 0 radical (unpaired) electrons. The average molecular weight is 348 g/mol. The smallest absolute Gasteiger partial charge is 0.333 e. The second-order valence-electron chi connectivity index (χ2n) is 5.49. The zero-order valence-corrected chi connectivity index (χ0v) is 14.9. The minimum Gasteiger partial charge on any atom is -0.466 e. The molecule has 0 fully saturated rings. The summed E-state index contributed by atoms with van der Waals surface area (Å²) in [6.07, 6.45) is 0. The molecule has 25 heavy (non-hydrogen) atoms. The van der Waals surface area contributed by atoms with Gasteiger partial charge < -0.3 is 4.74 Å². The first-order valence-corrected chi connectivity index (χ1v) is 9.87. The van der Waals surface area contributed by atoms with Gasteiger partial charge in [0.05, 0.1) is 20.3 Å². The zero-order chi connectivity index (χ0) is 18.4. The maximum Gasteiger partial charge on any atom is 0.333 e. The van der Waals surface area contributed by atoms with E-state index in [-0.39, 0.29) is 6.05 Å². The number of carbonyl (C=O) groups excluding carboxylic acids is 1. The molecule has 0 N–H and O–H groups in total. The van der Waals surface area contributed by atoms with Crippen molar-refractivity contribution in [1.29, 1.82) is 0 Å². The van der Waals surface area contributed by atoms with Gasteiger partial charge in [-0.25, -0.2) is 4.79 Å². The van der Waals surface area contributed by atoms with Gasteiger partial charge in [-0.3, -0.25) is 0 Å². The Kier molecular flexibility index (Phi) is 5.00. The van der Waals surface area contributed by atoms with Gasteiger partial charge in [-0.2, -0.15) is 0 Å². The topological polar surface area (TPSA) is 26.3 Å². The van der Waals surface area contributed by atoms with Crippen molar-refractivity contribution >= 4 is 29.1 Å². The van der Waals surface area contributed by atoms with Crippen LogP contribution in [-0.4, -0.2) is 13.1 Å². The van der Waals surface area contributed by atoms with Crippen LogP contribution in [0.1, 0.15) is 1.37 Å². The summed E-state index contributed by atoms with van der Waals surface area (Å²) in [7, 11) is -1.02. The van der Waals surface area contributed by atoms with Crippen LogP contribution in [0.25, 0.3) is 0 Å². The molecule has 0 saturated heterocycles. The van der Waals surface area contributed by atoms with E-state index in [1.165, 1.54) is 7.11 Å². The van der Waals surface area contributed by atoms with Crippen LogP contribution in [-0.2, 0) is 9.53 Å². The molecule has 0 aliphatic carbocycles. The van der Waals surface area contributed by atoms with Crippen LogP contribution in [0.5, 0.6) is 0 Å². The molecule has 2 nitrogen and oxygen atoms in total. The molecule has 3 aromatic carbocycles. The van der Waals surface area contributed by atoms with E-state index < -0.39 is 13.2 Å². The van der Waals surface area contributed by atoms with Crippen LogP contribution in [0.3, 0.4) is 0 Å². The van der Waals surface area contributed by atoms with Gasteiger partial charge >= 0.3 is 5.97 Å². The van der Waals surface area contributed by atoms with Gasteiger partial charge in [-0.1, -0.05) is 54.6 Å². The first kappa shape index (κ1) is 15.8. The second-order valence-corrected chi connectivity index (χ2v) is 8.75. The van der Waals surface area contributed by atoms with Gasteiger partial charge in [-0.15, -0.1) is 0 Å². The molecule has 0 bridgehead atoms. The van der Waals surface area contributed by atoms with Crippen molar-refractivity contribution < 1.29 is 10.9 Å². The number of rotatable bonds is 5. The maximum atomic E-state index is 12.0. The van der Waals surface area contributed by atoms with E-state index in [0.29, 0.717) is 0 Å². The summed E-state index contributed by atoms with van der Waals surface area (Å²) in [5, 5.41) is 3.27. The molecule has 0 heterocycles. The van der Waals surface area contributed by atoms with Gasteiger partial charge in [0.1, 0.15) is 23.2 Å². The van der Waals surface area contributed by atoms with E-state index in [9.17, 15) is 4.79 Å². The monoisotopic (exact) mass is 348 g/mol. The van der Waals surface area contributed by atoms with E-state index >= 15 is 0 Å². The number of ether oxygens (including phenoxy) is 1. The Morgan fingerprint density at radius 3 is 1.48 bits per heavy atom. The predicted molar refractivity (Wildman–Crippen MR) is 106 cm³/mol. The molecule has 0 unspecified atom stereocenters. The first-order valence-electron chi connectivity index (χ1n) is 8.52. The van der Waals surface area contributed by atoms with Gasteiger partial charge in [0.2, 0.25) is 0 Å². The minimum atomic E-state index is -2.33. The molecule has 0 aliphatic rings. The first-order chi connectivity index (χ1) is 12.7. The fourth-order valence-corrected chi connectivity index (χ4v) is 6.44. The molecular formula is C22H20O2P+. The molecule has 3 rings (SSSR count). The number of esters is 1. The highest BCUT2D eigenvalue weighted by Crippen LogP contribution is 2.56. The molecule has 0 atom stereocenters. The third-order valence-electron chi connectivity index (χ3n) is 4.05. The second kappa shape index (κ2) is 7.92. The van der Waals surface area contributed by atoms with E-state index in [1.54, 1.807) is 5.82 Å². The third kappa shape index (κ3) is 3.55. The van der Waals surface area contributed by atoms with Crippen molar-refractivity contribution in [3.63, 3.8) is 0 Å².